The van der Waals surface area contributed by atoms with Crippen molar-refractivity contribution in [1.29, 1.82) is 0 Å². The molecule has 102 valence electrons. The number of rotatable bonds is 5. The van der Waals surface area contributed by atoms with E-state index in [0.717, 1.165) is 0 Å². The molecule has 2 N–H and O–H groups in total. The molecule has 2 unspecified atom stereocenters. The summed E-state index contributed by atoms with van der Waals surface area (Å²) < 4.78 is 1.45. The predicted molar refractivity (Wildman–Crippen MR) is 70.2 cm³/mol. The molecular formula is C11H15N5O2S. The maximum atomic E-state index is 12.2. The smallest absolute Gasteiger partial charge is 0.263 e. The van der Waals surface area contributed by atoms with Gasteiger partial charge in [-0.25, -0.2) is 0 Å². The number of carbonyl (C=O) groups is 1. The van der Waals surface area contributed by atoms with Gasteiger partial charge >= 0.3 is 0 Å². The minimum Gasteiger partial charge on any atom is -0.396 e. The quantitative estimate of drug-likeness (QED) is 0.831. The molecule has 2 aromatic heterocycles. The fourth-order valence-corrected chi connectivity index (χ4v) is 2.28. The van der Waals surface area contributed by atoms with Crippen LogP contribution in [0.5, 0.6) is 0 Å². The van der Waals surface area contributed by atoms with Crippen LogP contribution in [-0.2, 0) is 0 Å². The normalized spacial score (nSPS) is 14.1. The molecule has 2 rings (SSSR count). The van der Waals surface area contributed by atoms with Gasteiger partial charge in [-0.3, -0.25) is 4.79 Å². The Hall–Kier alpha value is -1.80. The topological polar surface area (TPSA) is 92.9 Å². The van der Waals surface area contributed by atoms with Crippen LogP contribution in [0.4, 0.5) is 0 Å². The molecule has 0 spiro atoms. The minimum atomic E-state index is -0.187. The lowest BCUT2D eigenvalue weighted by atomic mass is 10.1. The number of aromatic nitrogens is 4. The van der Waals surface area contributed by atoms with E-state index in [2.05, 4.69) is 20.8 Å². The molecule has 0 aromatic carbocycles. The van der Waals surface area contributed by atoms with Crippen LogP contribution in [0.3, 0.4) is 0 Å². The molecule has 7 nitrogen and oxygen atoms in total. The molecule has 0 aliphatic rings. The number of tetrazole rings is 1. The van der Waals surface area contributed by atoms with Crippen molar-refractivity contribution in [2.45, 2.75) is 19.9 Å². The molecule has 0 radical (unpaired) electrons. The van der Waals surface area contributed by atoms with Gasteiger partial charge in [-0.05, 0) is 34.7 Å². The van der Waals surface area contributed by atoms with Crippen molar-refractivity contribution in [3.8, 4) is 5.69 Å². The Labute approximate surface area is 114 Å². The molecule has 1 amide bonds. The summed E-state index contributed by atoms with van der Waals surface area (Å²) in [6, 6.07) is 1.68. The van der Waals surface area contributed by atoms with Crippen LogP contribution < -0.4 is 5.32 Å². The van der Waals surface area contributed by atoms with E-state index >= 15 is 0 Å². The Morgan fingerprint density at radius 1 is 1.58 bits per heavy atom. The molecule has 2 atom stereocenters. The second-order valence-electron chi connectivity index (χ2n) is 4.31. The highest BCUT2D eigenvalue weighted by Crippen LogP contribution is 2.20. The molecule has 0 saturated carbocycles. The molecule has 0 aliphatic heterocycles. The maximum Gasteiger partial charge on any atom is 0.263 e. The first kappa shape index (κ1) is 13.6. The third-order valence-electron chi connectivity index (χ3n) is 2.95. The Kier molecular flexibility index (Phi) is 4.23. The van der Waals surface area contributed by atoms with E-state index in [1.807, 2.05) is 19.2 Å². The molecule has 0 fully saturated rings. The summed E-state index contributed by atoms with van der Waals surface area (Å²) in [5.74, 6) is -0.186. The van der Waals surface area contributed by atoms with Crippen molar-refractivity contribution >= 4 is 17.2 Å². The number of amides is 1. The van der Waals surface area contributed by atoms with E-state index in [1.54, 1.807) is 6.07 Å². The van der Waals surface area contributed by atoms with Gasteiger partial charge < -0.3 is 10.4 Å². The Balaban J connectivity index is 2.15. The molecular weight excluding hydrogens is 266 g/mol. The van der Waals surface area contributed by atoms with E-state index in [1.165, 1.54) is 22.3 Å². The van der Waals surface area contributed by atoms with Gasteiger partial charge in [0.05, 0.1) is 5.69 Å². The molecule has 0 aliphatic carbocycles. The van der Waals surface area contributed by atoms with Crippen LogP contribution in [0.2, 0.25) is 0 Å². The fourth-order valence-electron chi connectivity index (χ4n) is 1.50. The van der Waals surface area contributed by atoms with Crippen molar-refractivity contribution in [3.05, 3.63) is 22.7 Å². The van der Waals surface area contributed by atoms with E-state index in [-0.39, 0.29) is 24.5 Å². The molecule has 8 heteroatoms. The third kappa shape index (κ3) is 2.96. The van der Waals surface area contributed by atoms with Gasteiger partial charge in [-0.2, -0.15) is 4.68 Å². The van der Waals surface area contributed by atoms with Gasteiger partial charge in [0.15, 0.2) is 0 Å². The second-order valence-corrected chi connectivity index (χ2v) is 5.23. The highest BCUT2D eigenvalue weighted by Gasteiger charge is 2.19. The zero-order chi connectivity index (χ0) is 13.8. The average molecular weight is 281 g/mol. The monoisotopic (exact) mass is 281 g/mol. The first-order valence-electron chi connectivity index (χ1n) is 5.86. The largest absolute Gasteiger partial charge is 0.396 e. The van der Waals surface area contributed by atoms with E-state index in [0.29, 0.717) is 10.6 Å². The molecule has 19 heavy (non-hydrogen) atoms. The summed E-state index contributed by atoms with van der Waals surface area (Å²) in [5.41, 5.74) is 0.649. The minimum absolute atomic E-state index is 0.000369. The number of thiophene rings is 1. The Morgan fingerprint density at radius 2 is 2.37 bits per heavy atom. The number of aliphatic hydroxyl groups is 1. The number of carbonyl (C=O) groups excluding carboxylic acids is 1. The molecule has 0 bridgehead atoms. The number of hydrogen-bond donors (Lipinski definition) is 2. The first-order chi connectivity index (χ1) is 9.13. The van der Waals surface area contributed by atoms with Crippen molar-refractivity contribution in [3.63, 3.8) is 0 Å². The van der Waals surface area contributed by atoms with Crippen molar-refractivity contribution < 1.29 is 9.90 Å². The highest BCUT2D eigenvalue weighted by atomic mass is 32.1. The third-order valence-corrected chi connectivity index (χ3v) is 3.85. The van der Waals surface area contributed by atoms with Crippen molar-refractivity contribution in [1.82, 2.24) is 25.5 Å². The van der Waals surface area contributed by atoms with Crippen LogP contribution >= 0.6 is 11.3 Å². The van der Waals surface area contributed by atoms with Gasteiger partial charge in [0.2, 0.25) is 0 Å². The highest BCUT2D eigenvalue weighted by molar-refractivity contribution is 7.12. The number of nitrogens with zero attached hydrogens (tertiary/aromatic N) is 4. The van der Waals surface area contributed by atoms with Crippen LogP contribution in [0, 0.1) is 5.92 Å². The molecule has 2 aromatic rings. The summed E-state index contributed by atoms with van der Waals surface area (Å²) in [6.07, 6.45) is 1.44. The predicted octanol–water partition coefficient (Wildman–Crippen LogP) is 0.470. The SMILES string of the molecule is CC(CO)C(C)NC(=O)c1sccc1-n1cnnn1. The summed E-state index contributed by atoms with van der Waals surface area (Å²) in [6.45, 7) is 3.77. The second kappa shape index (κ2) is 5.89. The van der Waals surface area contributed by atoms with Gasteiger partial charge in [-0.1, -0.05) is 6.92 Å². The number of nitrogens with one attached hydrogen (secondary N) is 1. The zero-order valence-electron chi connectivity index (χ0n) is 10.6. The van der Waals surface area contributed by atoms with E-state index < -0.39 is 0 Å². The maximum absolute atomic E-state index is 12.2. The Bertz CT molecular complexity index is 539. The lowest BCUT2D eigenvalue weighted by molar-refractivity contribution is 0.0920. The van der Waals surface area contributed by atoms with Crippen molar-refractivity contribution in [2.75, 3.05) is 6.61 Å². The summed E-state index contributed by atoms with van der Waals surface area (Å²) in [5, 5.41) is 24.6. The number of aliphatic hydroxyl groups excluding tert-OH is 1. The number of hydrogen-bond acceptors (Lipinski definition) is 6. The summed E-state index contributed by atoms with van der Waals surface area (Å²) in [7, 11) is 0. The van der Waals surface area contributed by atoms with Crippen LogP contribution in [0.25, 0.3) is 5.69 Å². The average Bonchev–Trinajstić information content (AvgIpc) is 3.06. The van der Waals surface area contributed by atoms with Gasteiger partial charge in [0.25, 0.3) is 5.91 Å². The van der Waals surface area contributed by atoms with E-state index in [4.69, 9.17) is 5.11 Å². The molecule has 0 saturated heterocycles. The standard InChI is InChI=1S/C11H15N5O2S/c1-7(5-17)8(2)13-11(18)10-9(3-4-19-10)16-6-12-14-15-16/h3-4,6-8,17H,5H2,1-2H3,(H,13,18). The Morgan fingerprint density at radius 3 is 3.00 bits per heavy atom. The zero-order valence-corrected chi connectivity index (χ0v) is 11.5. The fraction of sp³-hybridized carbons (Fsp3) is 0.455. The lowest BCUT2D eigenvalue weighted by Crippen LogP contribution is -2.38. The molecule has 2 heterocycles. The van der Waals surface area contributed by atoms with Crippen molar-refractivity contribution in [2.24, 2.45) is 5.92 Å². The van der Waals surface area contributed by atoms with Crippen LogP contribution in [-0.4, -0.2) is 43.9 Å². The van der Waals surface area contributed by atoms with E-state index in [9.17, 15) is 4.79 Å². The first-order valence-corrected chi connectivity index (χ1v) is 6.74. The summed E-state index contributed by atoms with van der Waals surface area (Å²) in [4.78, 5) is 12.7. The van der Waals surface area contributed by atoms with Crippen LogP contribution in [0.15, 0.2) is 17.8 Å². The lowest BCUT2D eigenvalue weighted by Gasteiger charge is -2.19. The summed E-state index contributed by atoms with van der Waals surface area (Å²) >= 11 is 1.33. The van der Waals surface area contributed by atoms with Gasteiger partial charge in [-0.15, -0.1) is 16.4 Å². The van der Waals surface area contributed by atoms with Crippen LogP contribution in [0.1, 0.15) is 23.5 Å². The van der Waals surface area contributed by atoms with Gasteiger partial charge in [0, 0.05) is 12.6 Å². The van der Waals surface area contributed by atoms with Gasteiger partial charge in [0.1, 0.15) is 11.2 Å².